The lowest BCUT2D eigenvalue weighted by atomic mass is 10.1. The third kappa shape index (κ3) is 4.44. The van der Waals surface area contributed by atoms with Crippen LogP contribution in [0.1, 0.15) is 18.9 Å². The number of anilines is 1. The number of nitrogens with zero attached hydrogens (tertiary/aromatic N) is 1. The van der Waals surface area contributed by atoms with Gasteiger partial charge in [0.15, 0.2) is 0 Å². The van der Waals surface area contributed by atoms with Crippen LogP contribution in [0.3, 0.4) is 0 Å². The molecule has 0 saturated heterocycles. The summed E-state index contributed by atoms with van der Waals surface area (Å²) in [7, 11) is 1.61. The number of hydrazone groups is 1. The Kier molecular flexibility index (Phi) is 6.05. The largest absolute Gasteiger partial charge is 0.495 e. The number of amides is 1. The molecular weight excluding hydrogens is 338 g/mol. The molecule has 5 nitrogen and oxygen atoms in total. The van der Waals surface area contributed by atoms with Crippen molar-refractivity contribution in [2.45, 2.75) is 19.4 Å². The summed E-state index contributed by atoms with van der Waals surface area (Å²) in [5.74, 6) is 0.503. The number of hydrogen-bond acceptors (Lipinski definition) is 4. The normalized spacial score (nSPS) is 12.1. The van der Waals surface area contributed by atoms with Gasteiger partial charge in [-0.2, -0.15) is 5.10 Å². The molecule has 1 amide bonds. The van der Waals surface area contributed by atoms with E-state index in [1.807, 2.05) is 61.5 Å². The van der Waals surface area contributed by atoms with Gasteiger partial charge in [0.05, 0.1) is 19.0 Å². The molecule has 0 aromatic heterocycles. The molecule has 3 aromatic rings. The summed E-state index contributed by atoms with van der Waals surface area (Å²) >= 11 is 0. The number of fused-ring (bicyclic) bond motifs is 1. The highest BCUT2D eigenvalue weighted by Gasteiger charge is 2.17. The zero-order chi connectivity index (χ0) is 19.1. The van der Waals surface area contributed by atoms with Crippen LogP contribution in [-0.2, 0) is 4.79 Å². The van der Waals surface area contributed by atoms with Gasteiger partial charge in [0.25, 0.3) is 5.91 Å². The third-order valence-corrected chi connectivity index (χ3v) is 4.36. The van der Waals surface area contributed by atoms with Gasteiger partial charge < -0.3 is 10.1 Å². The van der Waals surface area contributed by atoms with Crippen molar-refractivity contribution in [3.8, 4) is 5.75 Å². The molecule has 0 radical (unpaired) electrons. The molecule has 0 heterocycles. The van der Waals surface area contributed by atoms with E-state index in [9.17, 15) is 4.79 Å². The van der Waals surface area contributed by atoms with Gasteiger partial charge in [-0.1, -0.05) is 61.5 Å². The van der Waals surface area contributed by atoms with E-state index in [-0.39, 0.29) is 5.91 Å². The molecule has 1 atom stereocenters. The van der Waals surface area contributed by atoms with Crippen molar-refractivity contribution in [2.75, 3.05) is 12.4 Å². The quantitative estimate of drug-likeness (QED) is 0.490. The molecule has 0 aliphatic heterocycles. The first-order valence-electron chi connectivity index (χ1n) is 8.93. The van der Waals surface area contributed by atoms with Gasteiger partial charge in [0.2, 0.25) is 0 Å². The molecule has 0 bridgehead atoms. The van der Waals surface area contributed by atoms with Crippen molar-refractivity contribution < 1.29 is 9.53 Å². The summed E-state index contributed by atoms with van der Waals surface area (Å²) in [6.07, 6.45) is 2.30. The minimum absolute atomic E-state index is 0.195. The zero-order valence-electron chi connectivity index (χ0n) is 15.5. The minimum Gasteiger partial charge on any atom is -0.495 e. The van der Waals surface area contributed by atoms with Crippen LogP contribution in [0, 0.1) is 0 Å². The first-order chi connectivity index (χ1) is 13.2. The summed E-state index contributed by atoms with van der Waals surface area (Å²) in [5, 5.41) is 9.60. The Morgan fingerprint density at radius 1 is 1.07 bits per heavy atom. The van der Waals surface area contributed by atoms with E-state index in [2.05, 4.69) is 28.0 Å². The predicted molar refractivity (Wildman–Crippen MR) is 110 cm³/mol. The van der Waals surface area contributed by atoms with Crippen LogP contribution in [0.4, 0.5) is 5.69 Å². The summed E-state index contributed by atoms with van der Waals surface area (Å²) in [6.45, 7) is 1.95. The molecular formula is C22H23N3O2. The molecule has 0 saturated carbocycles. The molecule has 0 spiro atoms. The highest BCUT2D eigenvalue weighted by molar-refractivity contribution is 6.00. The second-order valence-corrected chi connectivity index (χ2v) is 6.11. The lowest BCUT2D eigenvalue weighted by molar-refractivity contribution is -0.121. The van der Waals surface area contributed by atoms with Gasteiger partial charge >= 0.3 is 0 Å². The molecule has 138 valence electrons. The Hall–Kier alpha value is -3.34. The lowest BCUT2D eigenvalue weighted by Crippen LogP contribution is -2.37. The van der Waals surface area contributed by atoms with Gasteiger partial charge in [0, 0.05) is 5.56 Å². The number of benzene rings is 3. The van der Waals surface area contributed by atoms with Gasteiger partial charge in [-0.15, -0.1) is 0 Å². The summed E-state index contributed by atoms with van der Waals surface area (Å²) < 4.78 is 5.33. The molecule has 3 aromatic carbocycles. The Labute approximate surface area is 159 Å². The summed E-state index contributed by atoms with van der Waals surface area (Å²) in [5.41, 5.74) is 4.37. The molecule has 0 aliphatic carbocycles. The van der Waals surface area contributed by atoms with Crippen molar-refractivity contribution >= 4 is 28.6 Å². The van der Waals surface area contributed by atoms with E-state index in [0.29, 0.717) is 12.2 Å². The number of ether oxygens (including phenoxy) is 1. The predicted octanol–water partition coefficient (Wildman–Crippen LogP) is 4.19. The number of hydrogen-bond donors (Lipinski definition) is 2. The number of rotatable bonds is 7. The maximum Gasteiger partial charge on any atom is 0.262 e. The topological polar surface area (TPSA) is 62.7 Å². The van der Waals surface area contributed by atoms with E-state index in [4.69, 9.17) is 4.74 Å². The van der Waals surface area contributed by atoms with Crippen molar-refractivity contribution in [3.05, 3.63) is 72.3 Å². The molecule has 3 rings (SSSR count). The maximum atomic E-state index is 12.5. The molecule has 5 heteroatoms. The smallest absolute Gasteiger partial charge is 0.262 e. The molecule has 27 heavy (non-hydrogen) atoms. The van der Waals surface area contributed by atoms with Gasteiger partial charge in [-0.25, -0.2) is 5.43 Å². The second kappa shape index (κ2) is 8.85. The number of carbonyl (C=O) groups is 1. The Balaban J connectivity index is 1.69. The highest BCUT2D eigenvalue weighted by atomic mass is 16.5. The fourth-order valence-corrected chi connectivity index (χ4v) is 2.91. The minimum atomic E-state index is -0.411. The fourth-order valence-electron chi connectivity index (χ4n) is 2.91. The Morgan fingerprint density at radius 2 is 1.81 bits per heavy atom. The first kappa shape index (κ1) is 18.5. The van der Waals surface area contributed by atoms with Crippen molar-refractivity contribution in [2.24, 2.45) is 5.10 Å². The second-order valence-electron chi connectivity index (χ2n) is 6.11. The van der Waals surface area contributed by atoms with Crippen molar-refractivity contribution in [3.63, 3.8) is 0 Å². The van der Waals surface area contributed by atoms with Crippen LogP contribution in [0.15, 0.2) is 71.8 Å². The van der Waals surface area contributed by atoms with Crippen LogP contribution >= 0.6 is 0 Å². The standard InChI is InChI=1S/C22H23N3O2/c1-3-19(24-20-13-6-7-14-21(20)27-2)22(26)25-23-15-17-11-8-10-16-9-4-5-12-18(16)17/h4-15,19,24H,3H2,1-2H3,(H,25,26)/b23-15-/t19-/m0/s1. The highest BCUT2D eigenvalue weighted by Crippen LogP contribution is 2.24. The Bertz CT molecular complexity index is 948. The lowest BCUT2D eigenvalue weighted by Gasteiger charge is -2.18. The third-order valence-electron chi connectivity index (χ3n) is 4.36. The van der Waals surface area contributed by atoms with Crippen molar-refractivity contribution in [1.29, 1.82) is 0 Å². The number of carbonyl (C=O) groups excluding carboxylic acids is 1. The van der Waals surface area contributed by atoms with Crippen LogP contribution in [0.2, 0.25) is 0 Å². The van der Waals surface area contributed by atoms with E-state index in [1.165, 1.54) is 0 Å². The van der Waals surface area contributed by atoms with E-state index < -0.39 is 6.04 Å². The SMILES string of the molecule is CC[C@H](Nc1ccccc1OC)C(=O)N/N=C\c1cccc2ccccc12. The number of nitrogens with one attached hydrogen (secondary N) is 2. The van der Waals surface area contributed by atoms with Gasteiger partial charge in [-0.3, -0.25) is 4.79 Å². The maximum absolute atomic E-state index is 12.5. The van der Waals surface area contributed by atoms with Crippen LogP contribution in [0.5, 0.6) is 5.75 Å². The molecule has 0 aliphatic rings. The summed E-state index contributed by atoms with van der Waals surface area (Å²) in [4.78, 5) is 12.5. The van der Waals surface area contributed by atoms with Crippen LogP contribution in [0.25, 0.3) is 10.8 Å². The number of para-hydroxylation sites is 2. The average molecular weight is 361 g/mol. The average Bonchev–Trinajstić information content (AvgIpc) is 2.72. The molecule has 0 fully saturated rings. The van der Waals surface area contributed by atoms with Crippen LogP contribution < -0.4 is 15.5 Å². The van der Waals surface area contributed by atoms with Crippen LogP contribution in [-0.4, -0.2) is 25.3 Å². The molecule has 2 N–H and O–H groups in total. The van der Waals surface area contributed by atoms with Gasteiger partial charge in [0.1, 0.15) is 11.8 Å². The molecule has 0 unspecified atom stereocenters. The monoisotopic (exact) mass is 361 g/mol. The van der Waals surface area contributed by atoms with Crippen molar-refractivity contribution in [1.82, 2.24) is 5.43 Å². The zero-order valence-corrected chi connectivity index (χ0v) is 15.5. The number of methoxy groups -OCH3 is 1. The van der Waals surface area contributed by atoms with Gasteiger partial charge in [-0.05, 0) is 29.3 Å². The van der Waals surface area contributed by atoms with E-state index in [0.717, 1.165) is 22.0 Å². The summed E-state index contributed by atoms with van der Waals surface area (Å²) in [6, 6.07) is 21.2. The first-order valence-corrected chi connectivity index (χ1v) is 8.93. The van der Waals surface area contributed by atoms with E-state index >= 15 is 0 Å². The van der Waals surface area contributed by atoms with E-state index in [1.54, 1.807) is 13.3 Å². The Morgan fingerprint density at radius 3 is 2.63 bits per heavy atom. The fraction of sp³-hybridized carbons (Fsp3) is 0.182.